The maximum Gasteiger partial charge on any atom is 0.319 e. The molecule has 0 aliphatic carbocycles. The molecule has 3 aliphatic heterocycles. The zero-order valence-electron chi connectivity index (χ0n) is 18.0. The van der Waals surface area contributed by atoms with E-state index in [1.54, 1.807) is 0 Å². The summed E-state index contributed by atoms with van der Waals surface area (Å²) in [6.45, 7) is 2.05. The van der Waals surface area contributed by atoms with Crippen LogP contribution in [0.4, 0.5) is 23.4 Å². The number of hydrogen-bond acceptors (Lipinski definition) is 6. The lowest BCUT2D eigenvalue weighted by atomic mass is 9.95. The number of fused-ring (bicyclic) bond motifs is 2. The van der Waals surface area contributed by atoms with Crippen LogP contribution in [0.15, 0.2) is 6.07 Å². The molecule has 0 spiro atoms. The minimum atomic E-state index is -2.93. The summed E-state index contributed by atoms with van der Waals surface area (Å²) < 4.78 is 68.7. The Labute approximate surface area is 183 Å². The van der Waals surface area contributed by atoms with Crippen LogP contribution in [0.1, 0.15) is 38.5 Å². The van der Waals surface area contributed by atoms with Crippen molar-refractivity contribution in [1.82, 2.24) is 14.9 Å². The Morgan fingerprint density at radius 2 is 1.72 bits per heavy atom. The fourth-order valence-electron chi connectivity index (χ4n) is 5.47. The maximum absolute atomic E-state index is 14.8. The smallest absolute Gasteiger partial charge is 0.319 e. The highest BCUT2D eigenvalue weighted by molar-refractivity contribution is 5.96. The Kier molecular flexibility index (Phi) is 5.30. The third-order valence-corrected chi connectivity index (χ3v) is 6.97. The van der Waals surface area contributed by atoms with Gasteiger partial charge in [0.05, 0.1) is 24.6 Å². The predicted octanol–water partition coefficient (Wildman–Crippen LogP) is 4.16. The van der Waals surface area contributed by atoms with E-state index in [-0.39, 0.29) is 53.4 Å². The van der Waals surface area contributed by atoms with E-state index in [1.807, 2.05) is 0 Å². The third-order valence-electron chi connectivity index (χ3n) is 6.97. The Bertz CT molecular complexity index is 1020. The van der Waals surface area contributed by atoms with E-state index >= 15 is 0 Å². The molecule has 0 bridgehead atoms. The van der Waals surface area contributed by atoms with Crippen LogP contribution in [0.25, 0.3) is 10.9 Å². The van der Waals surface area contributed by atoms with Gasteiger partial charge < -0.3 is 14.4 Å². The van der Waals surface area contributed by atoms with Gasteiger partial charge in [0.2, 0.25) is 0 Å². The number of piperidine rings is 1. The summed E-state index contributed by atoms with van der Waals surface area (Å²) in [6.07, 6.45) is 4.15. The molecule has 3 aliphatic rings. The van der Waals surface area contributed by atoms with Gasteiger partial charge in [0.25, 0.3) is 5.92 Å². The molecule has 1 aromatic heterocycles. The van der Waals surface area contributed by atoms with E-state index in [0.717, 1.165) is 38.8 Å². The third kappa shape index (κ3) is 3.62. The molecule has 2 aromatic rings. The summed E-state index contributed by atoms with van der Waals surface area (Å²) in [5.41, 5.74) is -0.292. The van der Waals surface area contributed by atoms with Gasteiger partial charge in [0, 0.05) is 19.0 Å². The van der Waals surface area contributed by atoms with E-state index in [9.17, 15) is 17.6 Å². The molecule has 1 aromatic carbocycles. The standard InChI is InChI=1S/C22H26F4N4O2/c1-31-18-15(24)11-14(23)17-16(18)19(29-8-4-7-22(25,26)12-29)28-20(27-17)32-13-21-5-2-9-30(21)10-3-6-21/h11H,2-10,12-13H2,1H3. The van der Waals surface area contributed by atoms with Crippen LogP contribution in [-0.4, -0.2) is 66.2 Å². The number of methoxy groups -OCH3 is 1. The highest BCUT2D eigenvalue weighted by Crippen LogP contribution is 2.41. The second kappa shape index (κ2) is 7.90. The minimum absolute atomic E-state index is 0.00632. The second-order valence-corrected chi connectivity index (χ2v) is 9.02. The maximum atomic E-state index is 14.8. The predicted molar refractivity (Wildman–Crippen MR) is 111 cm³/mol. The molecule has 5 rings (SSSR count). The van der Waals surface area contributed by atoms with E-state index in [4.69, 9.17) is 9.47 Å². The van der Waals surface area contributed by atoms with Crippen molar-refractivity contribution in [2.24, 2.45) is 0 Å². The number of benzene rings is 1. The van der Waals surface area contributed by atoms with Crippen LogP contribution < -0.4 is 14.4 Å². The number of rotatable bonds is 5. The van der Waals surface area contributed by atoms with Gasteiger partial charge in [-0.2, -0.15) is 9.97 Å². The monoisotopic (exact) mass is 454 g/mol. The average molecular weight is 454 g/mol. The van der Waals surface area contributed by atoms with Crippen molar-refractivity contribution in [1.29, 1.82) is 0 Å². The van der Waals surface area contributed by atoms with E-state index in [1.165, 1.54) is 12.0 Å². The number of nitrogens with zero attached hydrogens (tertiary/aromatic N) is 4. The van der Waals surface area contributed by atoms with Crippen molar-refractivity contribution in [3.05, 3.63) is 17.7 Å². The molecule has 10 heteroatoms. The number of aromatic nitrogens is 2. The molecule has 0 saturated carbocycles. The molecule has 3 fully saturated rings. The van der Waals surface area contributed by atoms with Gasteiger partial charge in [-0.3, -0.25) is 4.90 Å². The largest absolute Gasteiger partial charge is 0.493 e. The van der Waals surface area contributed by atoms with Gasteiger partial charge in [-0.25, -0.2) is 17.6 Å². The average Bonchev–Trinajstić information content (AvgIpc) is 3.32. The molecular formula is C22H26F4N4O2. The van der Waals surface area contributed by atoms with E-state index < -0.39 is 24.1 Å². The SMILES string of the molecule is COc1c(F)cc(F)c2nc(OCC34CCCN3CCC4)nc(N3CCCC(F)(F)C3)c12. The summed E-state index contributed by atoms with van der Waals surface area (Å²) >= 11 is 0. The van der Waals surface area contributed by atoms with Crippen LogP contribution in [-0.2, 0) is 0 Å². The van der Waals surface area contributed by atoms with Crippen LogP contribution in [0.5, 0.6) is 11.8 Å². The lowest BCUT2D eigenvalue weighted by Gasteiger charge is -2.34. The van der Waals surface area contributed by atoms with Crippen molar-refractivity contribution in [3.8, 4) is 11.8 Å². The number of ether oxygens (including phenoxy) is 2. The molecule has 32 heavy (non-hydrogen) atoms. The molecule has 3 saturated heterocycles. The molecule has 174 valence electrons. The van der Waals surface area contributed by atoms with Crippen LogP contribution in [0, 0.1) is 11.6 Å². The molecule has 0 atom stereocenters. The quantitative estimate of drug-likeness (QED) is 0.633. The first-order chi connectivity index (χ1) is 15.3. The molecule has 4 heterocycles. The number of halogens is 4. The second-order valence-electron chi connectivity index (χ2n) is 9.02. The van der Waals surface area contributed by atoms with Gasteiger partial charge in [-0.1, -0.05) is 0 Å². The zero-order chi connectivity index (χ0) is 22.5. The van der Waals surface area contributed by atoms with Gasteiger partial charge in [0.15, 0.2) is 17.4 Å². The summed E-state index contributed by atoms with van der Waals surface area (Å²) in [5, 5.41) is -0.0587. The lowest BCUT2D eigenvalue weighted by molar-refractivity contribution is -0.0118. The van der Waals surface area contributed by atoms with E-state index in [0.29, 0.717) is 12.7 Å². The molecule has 0 N–H and O–H groups in total. The molecular weight excluding hydrogens is 428 g/mol. The number of anilines is 1. The molecule has 0 radical (unpaired) electrons. The van der Waals surface area contributed by atoms with Gasteiger partial charge in [-0.05, 0) is 45.2 Å². The summed E-state index contributed by atoms with van der Waals surface area (Å²) in [7, 11) is 1.24. The first kappa shape index (κ1) is 21.5. The van der Waals surface area contributed by atoms with Crippen molar-refractivity contribution in [2.45, 2.75) is 50.0 Å². The Balaban J connectivity index is 1.57. The Hall–Kier alpha value is -2.36. The normalized spacial score (nSPS) is 22.3. The topological polar surface area (TPSA) is 50.7 Å². The summed E-state index contributed by atoms with van der Waals surface area (Å²) in [6, 6.07) is 0.586. The van der Waals surface area contributed by atoms with Crippen molar-refractivity contribution in [2.75, 3.05) is 44.8 Å². The number of alkyl halides is 2. The van der Waals surface area contributed by atoms with Gasteiger partial charge in [-0.15, -0.1) is 0 Å². The Morgan fingerprint density at radius 1 is 1.00 bits per heavy atom. The first-order valence-corrected chi connectivity index (χ1v) is 11.1. The van der Waals surface area contributed by atoms with Crippen molar-refractivity contribution in [3.63, 3.8) is 0 Å². The van der Waals surface area contributed by atoms with Crippen molar-refractivity contribution >= 4 is 16.7 Å². The zero-order valence-corrected chi connectivity index (χ0v) is 18.0. The fourth-order valence-corrected chi connectivity index (χ4v) is 5.47. The number of hydrogen-bond donors (Lipinski definition) is 0. The molecule has 0 unspecified atom stereocenters. The van der Waals surface area contributed by atoms with Crippen LogP contribution in [0.3, 0.4) is 0 Å². The highest BCUT2D eigenvalue weighted by Gasteiger charge is 2.45. The van der Waals surface area contributed by atoms with E-state index in [2.05, 4.69) is 14.9 Å². The summed E-state index contributed by atoms with van der Waals surface area (Å²) in [4.78, 5) is 12.3. The van der Waals surface area contributed by atoms with Crippen LogP contribution >= 0.6 is 0 Å². The van der Waals surface area contributed by atoms with Gasteiger partial charge in [0.1, 0.15) is 17.9 Å². The minimum Gasteiger partial charge on any atom is -0.493 e. The lowest BCUT2D eigenvalue weighted by Crippen LogP contribution is -2.44. The fraction of sp³-hybridized carbons (Fsp3) is 0.636. The molecule has 6 nitrogen and oxygen atoms in total. The highest BCUT2D eigenvalue weighted by atomic mass is 19.3. The van der Waals surface area contributed by atoms with Crippen LogP contribution in [0.2, 0.25) is 0 Å². The summed E-state index contributed by atoms with van der Waals surface area (Å²) in [5.74, 6) is -5.05. The Morgan fingerprint density at radius 3 is 2.41 bits per heavy atom. The van der Waals surface area contributed by atoms with Crippen molar-refractivity contribution < 1.29 is 27.0 Å². The first-order valence-electron chi connectivity index (χ1n) is 11.1. The molecule has 0 amide bonds. The van der Waals surface area contributed by atoms with Gasteiger partial charge >= 0.3 is 6.01 Å².